The first-order valence-corrected chi connectivity index (χ1v) is 18.4. The molecule has 0 atom stereocenters. The lowest BCUT2D eigenvalue weighted by Crippen LogP contribution is -2.11. The van der Waals surface area contributed by atoms with Crippen LogP contribution in [0.15, 0.2) is 217 Å². The van der Waals surface area contributed by atoms with Crippen LogP contribution in [-0.4, -0.2) is 0 Å². The van der Waals surface area contributed by atoms with Crippen LogP contribution in [0.3, 0.4) is 0 Å². The van der Waals surface area contributed by atoms with E-state index in [2.05, 4.69) is 217 Å². The average molecular weight is 690 g/mol. The van der Waals surface area contributed by atoms with Crippen molar-refractivity contribution in [2.24, 2.45) is 0 Å². The van der Waals surface area contributed by atoms with Crippen molar-refractivity contribution >= 4 is 49.8 Å². The second-order valence-electron chi connectivity index (χ2n) is 13.7. The van der Waals surface area contributed by atoms with Gasteiger partial charge in [0.15, 0.2) is 0 Å². The van der Waals surface area contributed by atoms with Crippen LogP contribution in [0.4, 0.5) is 17.1 Å². The van der Waals surface area contributed by atoms with Gasteiger partial charge >= 0.3 is 0 Å². The maximum absolute atomic E-state index is 6.78. The van der Waals surface area contributed by atoms with E-state index in [4.69, 9.17) is 4.42 Å². The fourth-order valence-corrected chi connectivity index (χ4v) is 7.84. The Balaban J connectivity index is 1.17. The minimum Gasteiger partial charge on any atom is -0.455 e. The molecule has 0 saturated carbocycles. The zero-order chi connectivity index (χ0) is 35.8. The number of para-hydroxylation sites is 1. The quantitative estimate of drug-likeness (QED) is 0.166. The van der Waals surface area contributed by atoms with Crippen LogP contribution >= 0.6 is 0 Å². The van der Waals surface area contributed by atoms with Crippen LogP contribution in [0, 0.1) is 0 Å². The first-order valence-electron chi connectivity index (χ1n) is 18.4. The van der Waals surface area contributed by atoms with Crippen molar-refractivity contribution in [3.63, 3.8) is 0 Å². The maximum atomic E-state index is 6.78. The molecule has 1 aromatic heterocycles. The molecule has 0 N–H and O–H groups in total. The van der Waals surface area contributed by atoms with Crippen molar-refractivity contribution in [2.45, 2.75) is 0 Å². The van der Waals surface area contributed by atoms with Gasteiger partial charge in [0.2, 0.25) is 0 Å². The van der Waals surface area contributed by atoms with Gasteiger partial charge in [-0.25, -0.2) is 0 Å². The minimum absolute atomic E-state index is 0.866. The number of fused-ring (bicyclic) bond motifs is 4. The van der Waals surface area contributed by atoms with E-state index in [9.17, 15) is 0 Å². The highest BCUT2D eigenvalue weighted by atomic mass is 16.3. The third kappa shape index (κ3) is 5.62. The molecule has 0 aliphatic rings. The van der Waals surface area contributed by atoms with Crippen LogP contribution in [0.5, 0.6) is 0 Å². The van der Waals surface area contributed by atoms with Crippen molar-refractivity contribution in [1.29, 1.82) is 0 Å². The molecule has 9 aromatic carbocycles. The fourth-order valence-electron chi connectivity index (χ4n) is 7.84. The molecular formula is C52H35NO. The molecule has 254 valence electrons. The Morgan fingerprint density at radius 2 is 0.852 bits per heavy atom. The molecule has 0 aliphatic carbocycles. The van der Waals surface area contributed by atoms with Crippen LogP contribution in [0.2, 0.25) is 0 Å². The lowest BCUT2D eigenvalue weighted by molar-refractivity contribution is 0.670. The summed E-state index contributed by atoms with van der Waals surface area (Å²) in [7, 11) is 0. The second kappa shape index (κ2) is 13.4. The summed E-state index contributed by atoms with van der Waals surface area (Å²) in [4.78, 5) is 2.38. The lowest BCUT2D eigenvalue weighted by Gasteiger charge is -2.28. The highest BCUT2D eigenvalue weighted by Crippen LogP contribution is 2.45. The van der Waals surface area contributed by atoms with E-state index in [1.54, 1.807) is 0 Å². The van der Waals surface area contributed by atoms with Gasteiger partial charge < -0.3 is 9.32 Å². The van der Waals surface area contributed by atoms with Crippen molar-refractivity contribution < 1.29 is 4.42 Å². The average Bonchev–Trinajstić information content (AvgIpc) is 3.61. The van der Waals surface area contributed by atoms with E-state index < -0.39 is 0 Å². The molecule has 0 spiro atoms. The van der Waals surface area contributed by atoms with Crippen LogP contribution in [0.1, 0.15) is 0 Å². The normalized spacial score (nSPS) is 11.3. The molecular weight excluding hydrogens is 655 g/mol. The van der Waals surface area contributed by atoms with E-state index in [-0.39, 0.29) is 0 Å². The van der Waals surface area contributed by atoms with Crippen molar-refractivity contribution in [2.75, 3.05) is 4.90 Å². The minimum atomic E-state index is 0.866. The number of nitrogens with zero attached hydrogens (tertiary/aromatic N) is 1. The monoisotopic (exact) mass is 689 g/mol. The Kier molecular flexibility index (Phi) is 7.85. The van der Waals surface area contributed by atoms with Gasteiger partial charge in [-0.05, 0) is 86.6 Å². The van der Waals surface area contributed by atoms with Gasteiger partial charge in [0.25, 0.3) is 0 Å². The molecule has 54 heavy (non-hydrogen) atoms. The van der Waals surface area contributed by atoms with Gasteiger partial charge in [0.05, 0.1) is 5.69 Å². The van der Waals surface area contributed by atoms with Gasteiger partial charge in [-0.2, -0.15) is 0 Å². The maximum Gasteiger partial charge on any atom is 0.143 e. The molecule has 10 aromatic rings. The predicted octanol–water partition coefficient (Wildman–Crippen LogP) is 14.9. The van der Waals surface area contributed by atoms with Gasteiger partial charge in [0.1, 0.15) is 11.2 Å². The zero-order valence-corrected chi connectivity index (χ0v) is 29.6. The van der Waals surface area contributed by atoms with E-state index in [0.29, 0.717) is 0 Å². The summed E-state index contributed by atoms with van der Waals surface area (Å²) in [6.45, 7) is 0. The molecule has 1 heterocycles. The van der Waals surface area contributed by atoms with Crippen LogP contribution in [0.25, 0.3) is 77.2 Å². The molecule has 0 bridgehead atoms. The van der Waals surface area contributed by atoms with Crippen molar-refractivity contribution in [3.8, 4) is 44.5 Å². The van der Waals surface area contributed by atoms with E-state index in [0.717, 1.165) is 61.3 Å². The molecule has 0 saturated heterocycles. The van der Waals surface area contributed by atoms with Gasteiger partial charge in [-0.15, -0.1) is 0 Å². The van der Waals surface area contributed by atoms with E-state index in [1.165, 1.54) is 33.0 Å². The van der Waals surface area contributed by atoms with Crippen molar-refractivity contribution in [3.05, 3.63) is 212 Å². The number of rotatable bonds is 7. The molecule has 0 aliphatic heterocycles. The topological polar surface area (TPSA) is 16.4 Å². The third-order valence-corrected chi connectivity index (χ3v) is 10.5. The summed E-state index contributed by atoms with van der Waals surface area (Å²) in [5.74, 6) is 0. The summed E-state index contributed by atoms with van der Waals surface area (Å²) in [6, 6.07) is 75.7. The number of furan rings is 1. The summed E-state index contributed by atoms with van der Waals surface area (Å²) in [5.41, 5.74) is 14.4. The van der Waals surface area contributed by atoms with Crippen LogP contribution in [-0.2, 0) is 0 Å². The summed E-state index contributed by atoms with van der Waals surface area (Å²) in [6.07, 6.45) is 0. The molecule has 10 rings (SSSR count). The first kappa shape index (κ1) is 31.6. The SMILES string of the molecule is c1ccc(-c2ccc(-c3ccccc3N(c3ccc(-c4ccccc4)cc3)c3ccc4oc5c(-c6ccccc6)c6ccccc6cc5c4c3)cc2)cc1. The molecule has 0 fully saturated rings. The third-order valence-electron chi connectivity index (χ3n) is 10.5. The molecule has 2 heteroatoms. The summed E-state index contributed by atoms with van der Waals surface area (Å²) < 4.78 is 6.78. The summed E-state index contributed by atoms with van der Waals surface area (Å²) in [5, 5.41) is 4.56. The molecule has 2 nitrogen and oxygen atoms in total. The smallest absolute Gasteiger partial charge is 0.143 e. The lowest BCUT2D eigenvalue weighted by atomic mass is 9.95. The Morgan fingerprint density at radius 1 is 0.333 bits per heavy atom. The number of anilines is 3. The van der Waals surface area contributed by atoms with E-state index in [1.807, 2.05) is 0 Å². The van der Waals surface area contributed by atoms with E-state index >= 15 is 0 Å². The Hall–Kier alpha value is -7.16. The van der Waals surface area contributed by atoms with Gasteiger partial charge in [-0.3, -0.25) is 0 Å². The largest absolute Gasteiger partial charge is 0.455 e. The standard InChI is InChI=1S/C52H35NO/c1-4-14-36(15-5-1)38-24-26-40(27-25-38)45-21-12-13-23-49(45)53(43-30-28-39(29-31-43)37-16-6-2-7-17-37)44-32-33-50-47(35-44)48-34-42-20-10-11-22-46(42)51(52(48)54-50)41-18-8-3-9-19-41/h1-35H. The highest BCUT2D eigenvalue weighted by Gasteiger charge is 2.21. The number of hydrogen-bond acceptors (Lipinski definition) is 2. The Morgan fingerprint density at radius 3 is 1.54 bits per heavy atom. The van der Waals surface area contributed by atoms with Gasteiger partial charge in [0, 0.05) is 33.3 Å². The predicted molar refractivity (Wildman–Crippen MR) is 228 cm³/mol. The zero-order valence-electron chi connectivity index (χ0n) is 29.6. The van der Waals surface area contributed by atoms with Gasteiger partial charge in [-0.1, -0.05) is 170 Å². The molecule has 0 amide bonds. The Bertz CT molecular complexity index is 2890. The number of hydrogen-bond donors (Lipinski definition) is 0. The molecule has 0 unspecified atom stereocenters. The molecule has 0 radical (unpaired) electrons. The second-order valence-corrected chi connectivity index (χ2v) is 13.7. The van der Waals surface area contributed by atoms with Crippen molar-refractivity contribution in [1.82, 2.24) is 0 Å². The fraction of sp³-hybridized carbons (Fsp3) is 0. The first-order chi connectivity index (χ1) is 26.8. The summed E-state index contributed by atoms with van der Waals surface area (Å²) >= 11 is 0. The number of benzene rings is 9. The highest BCUT2D eigenvalue weighted by molar-refractivity contribution is 6.18. The van der Waals surface area contributed by atoms with Crippen LogP contribution < -0.4 is 4.90 Å². The Labute approximate surface area is 314 Å².